The molecular weight excluding hydrogens is 1190 g/mol. The molecule has 16 heteroatoms. The normalized spacial score (nSPS) is 11.9. The second kappa shape index (κ2) is 33.4. The molecule has 9 aromatic rings. The molecule has 490 valence electrons. The lowest BCUT2D eigenvalue weighted by atomic mass is 9.77. The van der Waals surface area contributed by atoms with Crippen molar-refractivity contribution in [1.82, 2.24) is 25.8 Å². The Hall–Kier alpha value is -10.4. The van der Waals surface area contributed by atoms with Crippen LogP contribution in [0.2, 0.25) is 0 Å². The molecule has 0 spiro atoms. The number of nitrogens with two attached hydrogens (primary N) is 1. The van der Waals surface area contributed by atoms with Gasteiger partial charge in [-0.1, -0.05) is 200 Å². The highest BCUT2D eigenvalue weighted by molar-refractivity contribution is 5.81. The fourth-order valence-electron chi connectivity index (χ4n) is 12.9. The van der Waals surface area contributed by atoms with Crippen molar-refractivity contribution in [3.63, 3.8) is 0 Å². The number of rotatable bonds is 29. The summed E-state index contributed by atoms with van der Waals surface area (Å²) >= 11 is 0. The number of nitrogens with one attached hydrogen (secondary N) is 3. The first-order valence-corrected chi connectivity index (χ1v) is 32.3. The molecule has 0 unspecified atom stereocenters. The number of methoxy groups -OCH3 is 4. The van der Waals surface area contributed by atoms with Gasteiger partial charge in [-0.3, -0.25) is 14.9 Å². The Bertz CT molecular complexity index is 3810. The minimum Gasteiger partial charge on any atom is -0.493 e. The van der Waals surface area contributed by atoms with Crippen LogP contribution in [-0.4, -0.2) is 128 Å². The zero-order valence-electron chi connectivity index (χ0n) is 54.5. The van der Waals surface area contributed by atoms with Crippen LogP contribution >= 0.6 is 0 Å². The number of nitrogens with zero attached hydrogens (tertiary/aromatic N) is 2. The van der Waals surface area contributed by atoms with Gasteiger partial charge in [-0.05, 0) is 109 Å². The third kappa shape index (κ3) is 16.5. The Balaban J connectivity index is 0.000000225. The summed E-state index contributed by atoms with van der Waals surface area (Å²) in [6.45, 7) is 3.28. The van der Waals surface area contributed by atoms with Crippen molar-refractivity contribution in [2.45, 2.75) is 43.1 Å². The summed E-state index contributed by atoms with van der Waals surface area (Å²) < 4.78 is 32.9. The number of amides is 4. The van der Waals surface area contributed by atoms with Gasteiger partial charge in [0.15, 0.2) is 23.0 Å². The molecule has 0 saturated carbocycles. The van der Waals surface area contributed by atoms with E-state index in [1.807, 2.05) is 108 Å². The van der Waals surface area contributed by atoms with E-state index in [1.165, 1.54) is 22.3 Å². The smallest absolute Gasteiger partial charge is 0.407 e. The van der Waals surface area contributed by atoms with Crippen molar-refractivity contribution in [3.8, 4) is 45.3 Å². The SMILES string of the molecule is COc1ccc(CCC(=O)N(CCN)CCNC(=O)OCC2c3ccccc3-c3ccccc32)cc1OC.COc1ccc(CCC(=O)N(CCNC(=O)OCC2c3ccccc3-c3ccccc32)CCNC(c2ccccc2)(c2ccccc2)c2ccccc2)cc1OC. The summed E-state index contributed by atoms with van der Waals surface area (Å²) in [7, 11) is 6.37. The number of ether oxygens (including phenoxy) is 6. The minimum atomic E-state index is -0.683. The lowest BCUT2D eigenvalue weighted by molar-refractivity contribution is -0.131. The van der Waals surface area contributed by atoms with Gasteiger partial charge < -0.3 is 54.6 Å². The maximum Gasteiger partial charge on any atom is 0.407 e. The van der Waals surface area contributed by atoms with E-state index in [0.717, 1.165) is 50.1 Å². The van der Waals surface area contributed by atoms with Crippen LogP contribution in [0.15, 0.2) is 224 Å². The molecule has 95 heavy (non-hydrogen) atoms. The van der Waals surface area contributed by atoms with Crippen molar-refractivity contribution in [1.29, 1.82) is 0 Å². The number of aryl methyl sites for hydroxylation is 2. The topological polar surface area (TPSA) is 192 Å². The number of benzene rings is 9. The first-order chi connectivity index (χ1) is 46.6. The summed E-state index contributed by atoms with van der Waals surface area (Å²) in [4.78, 5) is 56.0. The summed E-state index contributed by atoms with van der Waals surface area (Å²) in [5.74, 6) is 2.44. The Morgan fingerprint density at radius 1 is 0.400 bits per heavy atom. The minimum absolute atomic E-state index is 0.0000419. The van der Waals surface area contributed by atoms with Gasteiger partial charge in [-0.25, -0.2) is 9.59 Å². The lowest BCUT2D eigenvalue weighted by Gasteiger charge is -2.38. The van der Waals surface area contributed by atoms with Gasteiger partial charge in [0.05, 0.1) is 34.0 Å². The molecule has 2 aliphatic rings. The van der Waals surface area contributed by atoms with Gasteiger partial charge >= 0.3 is 12.2 Å². The molecule has 5 N–H and O–H groups in total. The summed E-state index contributed by atoms with van der Waals surface area (Å²) in [5, 5.41) is 9.59. The van der Waals surface area contributed by atoms with Gasteiger partial charge in [0, 0.05) is 77.0 Å². The van der Waals surface area contributed by atoms with E-state index in [-0.39, 0.29) is 56.4 Å². The second-order valence-corrected chi connectivity index (χ2v) is 23.2. The first-order valence-electron chi connectivity index (χ1n) is 32.3. The molecular formula is C79H84N6O10. The number of carbonyl (C=O) groups is 4. The molecule has 0 fully saturated rings. The standard InChI is InChI=1S/C49H49N3O5.C30H35N3O5/c1-55-45-28-26-36(34-46(45)56-2)27-29-47(53)52(32-30-50-48(54)57-35-44-42-24-14-12-22-40(42)41-23-13-15-25-43(41)44)33-31-51-49(37-16-6-3-7-17-37,38-18-8-4-9-19-38)39-20-10-5-11-21-39;1-36-27-13-11-21(19-28(27)37-2)12-14-29(34)33(17-15-31)18-16-32-30(35)38-20-26-24-9-5-3-7-22(24)23-8-4-6-10-25(23)26/h3-26,28,34,44,51H,27,29-33,35H2,1-2H3,(H,50,54);3-11,13,19,26H,12,14-18,20,31H2,1-2H3,(H,32,35). The van der Waals surface area contributed by atoms with Crippen LogP contribution in [0.4, 0.5) is 9.59 Å². The van der Waals surface area contributed by atoms with Gasteiger partial charge in [-0.15, -0.1) is 0 Å². The van der Waals surface area contributed by atoms with Crippen LogP contribution in [0.25, 0.3) is 22.3 Å². The van der Waals surface area contributed by atoms with Crippen LogP contribution in [0.3, 0.4) is 0 Å². The Labute approximate surface area is 557 Å². The molecule has 11 rings (SSSR count). The van der Waals surface area contributed by atoms with Gasteiger partial charge in [0.25, 0.3) is 0 Å². The average Bonchev–Trinajstić information content (AvgIpc) is 1.76. The van der Waals surface area contributed by atoms with Crippen molar-refractivity contribution in [3.05, 3.63) is 275 Å². The fraction of sp³-hybridized carbons (Fsp3) is 0.266. The van der Waals surface area contributed by atoms with Gasteiger partial charge in [0.1, 0.15) is 13.2 Å². The Morgan fingerprint density at radius 2 is 0.726 bits per heavy atom. The Kier molecular flexibility index (Phi) is 23.7. The van der Waals surface area contributed by atoms with Crippen LogP contribution in [-0.2, 0) is 37.4 Å². The van der Waals surface area contributed by atoms with Gasteiger partial charge in [-0.2, -0.15) is 0 Å². The van der Waals surface area contributed by atoms with E-state index in [4.69, 9.17) is 34.2 Å². The van der Waals surface area contributed by atoms with Crippen LogP contribution in [0.1, 0.15) is 74.7 Å². The van der Waals surface area contributed by atoms with Gasteiger partial charge in [0.2, 0.25) is 11.8 Å². The Morgan fingerprint density at radius 3 is 1.07 bits per heavy atom. The molecule has 0 atom stereocenters. The van der Waals surface area contributed by atoms with E-state index in [2.05, 4.69) is 137 Å². The van der Waals surface area contributed by atoms with E-state index < -0.39 is 17.7 Å². The highest BCUT2D eigenvalue weighted by atomic mass is 16.6. The van der Waals surface area contributed by atoms with E-state index in [1.54, 1.807) is 33.3 Å². The largest absolute Gasteiger partial charge is 0.493 e. The summed E-state index contributed by atoms with van der Waals surface area (Å²) in [5.41, 5.74) is 19.6. The quantitative estimate of drug-likeness (QED) is 0.0325. The predicted octanol–water partition coefficient (Wildman–Crippen LogP) is 12.5. The summed E-state index contributed by atoms with van der Waals surface area (Å²) in [6.07, 6.45) is 0.661. The highest BCUT2D eigenvalue weighted by Gasteiger charge is 2.36. The van der Waals surface area contributed by atoms with Crippen molar-refractivity contribution >= 4 is 24.0 Å². The number of alkyl carbamates (subject to hydrolysis) is 2. The molecule has 0 saturated heterocycles. The van der Waals surface area contributed by atoms with E-state index in [0.29, 0.717) is 81.5 Å². The number of carbonyl (C=O) groups excluding carboxylic acids is 4. The van der Waals surface area contributed by atoms with E-state index in [9.17, 15) is 19.2 Å². The fourth-order valence-corrected chi connectivity index (χ4v) is 12.9. The zero-order chi connectivity index (χ0) is 66.4. The molecule has 2 aliphatic carbocycles. The molecule has 4 amide bonds. The average molecular weight is 1280 g/mol. The molecule has 0 aromatic heterocycles. The third-order valence-corrected chi connectivity index (χ3v) is 17.6. The second-order valence-electron chi connectivity index (χ2n) is 23.2. The highest BCUT2D eigenvalue weighted by Crippen LogP contribution is 2.46. The van der Waals surface area contributed by atoms with Crippen LogP contribution in [0, 0.1) is 0 Å². The molecule has 0 radical (unpaired) electrons. The lowest BCUT2D eigenvalue weighted by Crippen LogP contribution is -2.49. The molecule has 0 bridgehead atoms. The molecule has 0 heterocycles. The zero-order valence-corrected chi connectivity index (χ0v) is 54.5. The predicted molar refractivity (Wildman–Crippen MR) is 371 cm³/mol. The summed E-state index contributed by atoms with van der Waals surface area (Å²) in [6, 6.07) is 75.5. The third-order valence-electron chi connectivity index (χ3n) is 17.6. The van der Waals surface area contributed by atoms with Crippen molar-refractivity contribution in [2.24, 2.45) is 5.73 Å². The van der Waals surface area contributed by atoms with Crippen molar-refractivity contribution < 1.29 is 47.6 Å². The maximum absolute atomic E-state index is 14.1. The molecule has 9 aromatic carbocycles. The maximum atomic E-state index is 14.1. The number of hydrogen-bond donors (Lipinski definition) is 4. The first kappa shape index (κ1) is 67.5. The van der Waals surface area contributed by atoms with Crippen LogP contribution in [0.5, 0.6) is 23.0 Å². The number of fused-ring (bicyclic) bond motifs is 6. The van der Waals surface area contributed by atoms with Crippen molar-refractivity contribution in [2.75, 3.05) is 94.0 Å². The monoisotopic (exact) mass is 1280 g/mol. The number of hydrogen-bond acceptors (Lipinski definition) is 12. The molecule has 0 aliphatic heterocycles. The van der Waals surface area contributed by atoms with E-state index >= 15 is 0 Å². The van der Waals surface area contributed by atoms with Crippen LogP contribution < -0.4 is 40.6 Å². The molecule has 16 nitrogen and oxygen atoms in total.